The van der Waals surface area contributed by atoms with Gasteiger partial charge in [0.2, 0.25) is 5.91 Å². The van der Waals surface area contributed by atoms with Crippen LogP contribution < -0.4 is 0 Å². The van der Waals surface area contributed by atoms with Gasteiger partial charge >= 0.3 is 0 Å². The molecule has 168 valence electrons. The number of nitrogens with zero attached hydrogens (tertiary/aromatic N) is 4. The van der Waals surface area contributed by atoms with Gasteiger partial charge in [0.1, 0.15) is 5.69 Å². The maximum absolute atomic E-state index is 12.8. The first-order valence-corrected chi connectivity index (χ1v) is 11.8. The molecule has 5 rings (SSSR count). The molecule has 1 saturated carbocycles. The summed E-state index contributed by atoms with van der Waals surface area (Å²) in [5.41, 5.74) is 4.17. The summed E-state index contributed by atoms with van der Waals surface area (Å²) in [6.45, 7) is 1.65. The van der Waals surface area contributed by atoms with Crippen molar-refractivity contribution in [1.82, 2.24) is 14.5 Å². The second-order valence-electron chi connectivity index (χ2n) is 9.49. The molecule has 0 N–H and O–H groups in total. The Labute approximate surface area is 193 Å². The Balaban J connectivity index is 1.33. The first kappa shape index (κ1) is 21.4. The van der Waals surface area contributed by atoms with Gasteiger partial charge in [0.25, 0.3) is 0 Å². The molecule has 3 heterocycles. The van der Waals surface area contributed by atoms with Crippen LogP contribution in [0.1, 0.15) is 65.2 Å². The number of rotatable bonds is 6. The zero-order valence-electron chi connectivity index (χ0n) is 19.0. The lowest BCUT2D eigenvalue weighted by Gasteiger charge is -2.32. The van der Waals surface area contributed by atoms with E-state index in [9.17, 15) is 9.59 Å². The van der Waals surface area contributed by atoms with E-state index in [1.807, 2.05) is 11.0 Å². The number of piperidine rings is 1. The van der Waals surface area contributed by atoms with Gasteiger partial charge in [-0.15, -0.1) is 0 Å². The van der Waals surface area contributed by atoms with Crippen LogP contribution in [0.15, 0.2) is 42.7 Å². The van der Waals surface area contributed by atoms with Crippen LogP contribution in [0, 0.1) is 17.2 Å². The molecule has 0 atom stereocenters. The Kier molecular flexibility index (Phi) is 5.72. The fourth-order valence-corrected chi connectivity index (χ4v) is 4.97. The standard InChI is InChI=1S/C27H28N4O2/c1-30-17-23(21-7-10-31(11-8-21)27(33)15-18-2-3-18)22-12-19(4-5-25(22)30)14-26(32)24-13-20(16-28)6-9-29-24/h4-6,9,12-13,17-18,21H,2-3,7-8,10-11,14-15H2,1H3. The predicted octanol–water partition coefficient (Wildman–Crippen LogP) is 4.38. The number of carbonyl (C=O) groups is 2. The zero-order chi connectivity index (χ0) is 22.9. The molecule has 1 aliphatic heterocycles. The summed E-state index contributed by atoms with van der Waals surface area (Å²) in [6.07, 6.45) is 9.06. The lowest BCUT2D eigenvalue weighted by molar-refractivity contribution is -0.132. The average Bonchev–Trinajstić information content (AvgIpc) is 3.60. The van der Waals surface area contributed by atoms with E-state index < -0.39 is 0 Å². The van der Waals surface area contributed by atoms with Crippen LogP contribution in [0.4, 0.5) is 0 Å². The number of Topliss-reactive ketones (excluding diaryl/α,β-unsaturated/α-hetero) is 1. The zero-order valence-corrected chi connectivity index (χ0v) is 19.0. The predicted molar refractivity (Wildman–Crippen MR) is 126 cm³/mol. The number of benzene rings is 1. The van der Waals surface area contributed by atoms with Crippen molar-refractivity contribution in [2.45, 2.75) is 44.4 Å². The molecule has 3 aromatic rings. The fourth-order valence-electron chi connectivity index (χ4n) is 4.97. The van der Waals surface area contributed by atoms with E-state index in [-0.39, 0.29) is 12.2 Å². The number of amides is 1. The number of ketones is 1. The van der Waals surface area contributed by atoms with E-state index in [1.54, 1.807) is 12.1 Å². The number of aryl methyl sites for hydroxylation is 1. The fraction of sp³-hybridized carbons (Fsp3) is 0.407. The summed E-state index contributed by atoms with van der Waals surface area (Å²) in [5.74, 6) is 1.28. The Hall–Kier alpha value is -3.46. The van der Waals surface area contributed by atoms with Crippen molar-refractivity contribution in [3.8, 4) is 6.07 Å². The number of fused-ring (bicyclic) bond motifs is 1. The highest BCUT2D eigenvalue weighted by Gasteiger charge is 2.30. The van der Waals surface area contributed by atoms with Crippen molar-refractivity contribution in [3.63, 3.8) is 0 Å². The van der Waals surface area contributed by atoms with E-state index in [0.29, 0.717) is 29.0 Å². The molecule has 0 unspecified atom stereocenters. The highest BCUT2D eigenvalue weighted by molar-refractivity contribution is 5.97. The second kappa shape index (κ2) is 8.82. The van der Waals surface area contributed by atoms with Crippen molar-refractivity contribution in [2.75, 3.05) is 13.1 Å². The van der Waals surface area contributed by atoms with E-state index in [2.05, 4.69) is 41.0 Å². The van der Waals surface area contributed by atoms with Gasteiger partial charge in [-0.05, 0) is 72.9 Å². The van der Waals surface area contributed by atoms with Crippen LogP contribution >= 0.6 is 0 Å². The molecule has 0 spiro atoms. The largest absolute Gasteiger partial charge is 0.350 e. The van der Waals surface area contributed by atoms with Crippen molar-refractivity contribution in [3.05, 3.63) is 65.1 Å². The maximum Gasteiger partial charge on any atom is 0.222 e. The molecule has 1 amide bonds. The molecule has 6 heteroatoms. The smallest absolute Gasteiger partial charge is 0.222 e. The SMILES string of the molecule is Cn1cc(C2CCN(C(=O)CC3CC3)CC2)c2cc(CC(=O)c3cc(C#N)ccn3)ccc21. The number of carbonyl (C=O) groups excluding carboxylic acids is 2. The Morgan fingerprint density at radius 1 is 1.12 bits per heavy atom. The monoisotopic (exact) mass is 440 g/mol. The lowest BCUT2D eigenvalue weighted by Crippen LogP contribution is -2.38. The normalized spacial score (nSPS) is 16.7. The molecule has 33 heavy (non-hydrogen) atoms. The summed E-state index contributed by atoms with van der Waals surface area (Å²) in [5, 5.41) is 10.3. The summed E-state index contributed by atoms with van der Waals surface area (Å²) in [6, 6.07) is 11.4. The van der Waals surface area contributed by atoms with Crippen LogP contribution in [0.3, 0.4) is 0 Å². The second-order valence-corrected chi connectivity index (χ2v) is 9.49. The van der Waals surface area contributed by atoms with Gasteiger partial charge in [0, 0.05) is 56.3 Å². The maximum atomic E-state index is 12.8. The Bertz CT molecular complexity index is 1260. The molecule has 1 saturated heterocycles. The van der Waals surface area contributed by atoms with Gasteiger partial charge in [0.05, 0.1) is 11.6 Å². The number of likely N-dealkylation sites (tertiary alicyclic amines) is 1. The first-order valence-electron chi connectivity index (χ1n) is 11.8. The van der Waals surface area contributed by atoms with Crippen LogP contribution in [0.25, 0.3) is 10.9 Å². The number of pyridine rings is 1. The molecular formula is C27H28N4O2. The molecule has 0 radical (unpaired) electrons. The Morgan fingerprint density at radius 2 is 1.91 bits per heavy atom. The van der Waals surface area contributed by atoms with Gasteiger partial charge in [-0.3, -0.25) is 14.6 Å². The van der Waals surface area contributed by atoms with Crippen LogP contribution in [-0.4, -0.2) is 39.2 Å². The molecule has 2 aromatic heterocycles. The third kappa shape index (κ3) is 4.54. The highest BCUT2D eigenvalue weighted by Crippen LogP contribution is 2.36. The lowest BCUT2D eigenvalue weighted by atomic mass is 9.88. The van der Waals surface area contributed by atoms with E-state index in [1.165, 1.54) is 30.0 Å². The van der Waals surface area contributed by atoms with Crippen molar-refractivity contribution >= 4 is 22.6 Å². The topological polar surface area (TPSA) is 79.0 Å². The number of hydrogen-bond acceptors (Lipinski definition) is 4. The summed E-state index contributed by atoms with van der Waals surface area (Å²) < 4.78 is 2.15. The van der Waals surface area contributed by atoms with Crippen molar-refractivity contribution in [2.24, 2.45) is 13.0 Å². The number of nitriles is 1. The molecule has 2 aliphatic rings. The van der Waals surface area contributed by atoms with Gasteiger partial charge < -0.3 is 9.47 Å². The van der Waals surface area contributed by atoms with Gasteiger partial charge in [0.15, 0.2) is 5.78 Å². The van der Waals surface area contributed by atoms with E-state index in [0.717, 1.165) is 43.4 Å². The summed E-state index contributed by atoms with van der Waals surface area (Å²) in [4.78, 5) is 31.5. The third-order valence-corrected chi connectivity index (χ3v) is 7.07. The highest BCUT2D eigenvalue weighted by atomic mass is 16.2. The summed E-state index contributed by atoms with van der Waals surface area (Å²) >= 11 is 0. The molecular weight excluding hydrogens is 412 g/mol. The quantitative estimate of drug-likeness (QED) is 0.533. The van der Waals surface area contributed by atoms with Crippen molar-refractivity contribution in [1.29, 1.82) is 5.26 Å². The molecule has 1 aromatic carbocycles. The van der Waals surface area contributed by atoms with E-state index in [4.69, 9.17) is 5.26 Å². The minimum atomic E-state index is -0.0913. The van der Waals surface area contributed by atoms with Crippen LogP contribution in [0.2, 0.25) is 0 Å². The summed E-state index contributed by atoms with van der Waals surface area (Å²) in [7, 11) is 2.06. The minimum absolute atomic E-state index is 0.0913. The van der Waals surface area contributed by atoms with Crippen molar-refractivity contribution < 1.29 is 9.59 Å². The van der Waals surface area contributed by atoms with Crippen LogP contribution in [0.5, 0.6) is 0 Å². The molecule has 6 nitrogen and oxygen atoms in total. The van der Waals surface area contributed by atoms with Gasteiger partial charge in [-0.25, -0.2) is 0 Å². The first-order chi connectivity index (χ1) is 16.0. The average molecular weight is 441 g/mol. The third-order valence-electron chi connectivity index (χ3n) is 7.07. The number of aromatic nitrogens is 2. The Morgan fingerprint density at radius 3 is 2.64 bits per heavy atom. The molecule has 2 fully saturated rings. The van der Waals surface area contributed by atoms with Gasteiger partial charge in [-0.1, -0.05) is 6.07 Å². The van der Waals surface area contributed by atoms with E-state index >= 15 is 0 Å². The molecule has 0 bridgehead atoms. The van der Waals surface area contributed by atoms with Crippen LogP contribution in [-0.2, 0) is 18.3 Å². The molecule has 1 aliphatic carbocycles. The minimum Gasteiger partial charge on any atom is -0.350 e. The van der Waals surface area contributed by atoms with Gasteiger partial charge in [-0.2, -0.15) is 5.26 Å². The number of hydrogen-bond donors (Lipinski definition) is 0.